The molecule has 0 heterocycles. The number of carbonyl (C=O) groups is 2. The quantitative estimate of drug-likeness (QED) is 0.557. The highest BCUT2D eigenvalue weighted by atomic mass is 31.1. The number of nitrogens with two attached hydrogens (primary N) is 1. The van der Waals surface area contributed by atoms with Gasteiger partial charge in [-0.1, -0.05) is 6.92 Å². The van der Waals surface area contributed by atoms with Crippen molar-refractivity contribution in [2.75, 3.05) is 20.3 Å². The molecular formula is C12H24NO4P. The number of rotatable bonds is 7. The zero-order valence-corrected chi connectivity index (χ0v) is 12.8. The van der Waals surface area contributed by atoms with Gasteiger partial charge in [-0.25, -0.2) is 0 Å². The Hall–Kier alpha value is -0.670. The molecule has 0 aliphatic heterocycles. The van der Waals surface area contributed by atoms with E-state index in [-0.39, 0.29) is 30.1 Å². The normalized spacial score (nSPS) is 18.1. The van der Waals surface area contributed by atoms with Gasteiger partial charge in [0.05, 0.1) is 12.8 Å². The second-order valence-electron chi connectivity index (χ2n) is 4.41. The van der Waals surface area contributed by atoms with Crippen molar-refractivity contribution in [3.63, 3.8) is 0 Å². The zero-order valence-electron chi connectivity index (χ0n) is 11.8. The van der Waals surface area contributed by atoms with E-state index >= 15 is 0 Å². The Morgan fingerprint density at radius 3 is 2.28 bits per heavy atom. The number of hydrogen-bond donors (Lipinski definition) is 1. The molecule has 106 valence electrons. The van der Waals surface area contributed by atoms with Crippen molar-refractivity contribution in [1.82, 2.24) is 0 Å². The van der Waals surface area contributed by atoms with Crippen LogP contribution in [0.3, 0.4) is 0 Å². The lowest BCUT2D eigenvalue weighted by Crippen LogP contribution is -2.51. The Balaban J connectivity index is 5.22. The predicted octanol–water partition coefficient (Wildman–Crippen LogP) is 1.14. The smallest absolute Gasteiger partial charge is 0.313 e. The van der Waals surface area contributed by atoms with Gasteiger partial charge in [0, 0.05) is 19.4 Å². The summed E-state index contributed by atoms with van der Waals surface area (Å²) in [7, 11) is 1.74. The fourth-order valence-corrected chi connectivity index (χ4v) is 3.57. The molecule has 0 aromatic heterocycles. The minimum atomic E-state index is -0.831. The standard InChI is InChI=1S/C12H24NO4P/c1-6-9(10(18-5)11(15)16-4)12(3,7-13)17-8(2)14/h9-10,18H,6-7,13H2,1-5H3. The third kappa shape index (κ3) is 4.21. The molecule has 0 aromatic rings. The summed E-state index contributed by atoms with van der Waals surface area (Å²) >= 11 is 0. The molecule has 4 atom stereocenters. The van der Waals surface area contributed by atoms with Gasteiger partial charge in [-0.15, -0.1) is 8.58 Å². The molecule has 0 aliphatic carbocycles. The third-order valence-corrected chi connectivity index (χ3v) is 4.43. The van der Waals surface area contributed by atoms with Gasteiger partial charge in [-0.3, -0.25) is 9.59 Å². The topological polar surface area (TPSA) is 78.6 Å². The maximum atomic E-state index is 11.8. The van der Waals surface area contributed by atoms with Crippen molar-refractivity contribution in [3.05, 3.63) is 0 Å². The van der Waals surface area contributed by atoms with Crippen LogP contribution in [-0.4, -0.2) is 43.5 Å². The fourth-order valence-electron chi connectivity index (χ4n) is 2.23. The highest BCUT2D eigenvalue weighted by Gasteiger charge is 2.42. The molecule has 18 heavy (non-hydrogen) atoms. The summed E-state index contributed by atoms with van der Waals surface area (Å²) in [5.74, 6) is -0.791. The van der Waals surface area contributed by atoms with Gasteiger partial charge in [0.1, 0.15) is 5.60 Å². The summed E-state index contributed by atoms with van der Waals surface area (Å²) < 4.78 is 10.2. The largest absolute Gasteiger partial charge is 0.469 e. The number of esters is 2. The van der Waals surface area contributed by atoms with E-state index in [1.165, 1.54) is 14.0 Å². The first-order valence-corrected chi connectivity index (χ1v) is 7.58. The lowest BCUT2D eigenvalue weighted by Gasteiger charge is -2.38. The molecule has 6 heteroatoms. The van der Waals surface area contributed by atoms with Crippen LogP contribution in [0.15, 0.2) is 0 Å². The van der Waals surface area contributed by atoms with E-state index in [0.29, 0.717) is 15.0 Å². The van der Waals surface area contributed by atoms with Gasteiger partial charge < -0.3 is 15.2 Å². The summed E-state index contributed by atoms with van der Waals surface area (Å²) in [6.45, 7) is 7.21. The Morgan fingerprint density at radius 2 is 2.00 bits per heavy atom. The molecular weight excluding hydrogens is 253 g/mol. The molecule has 2 N–H and O–H groups in total. The number of carbonyl (C=O) groups excluding carboxylic acids is 2. The maximum Gasteiger partial charge on any atom is 0.313 e. The second kappa shape index (κ2) is 7.70. The van der Waals surface area contributed by atoms with E-state index in [9.17, 15) is 9.59 Å². The van der Waals surface area contributed by atoms with Crippen LogP contribution >= 0.6 is 8.58 Å². The lowest BCUT2D eigenvalue weighted by molar-refractivity contribution is -0.163. The molecule has 0 bridgehead atoms. The Bertz CT molecular complexity index is 298. The Kier molecular flexibility index (Phi) is 7.41. The molecule has 0 saturated heterocycles. The highest BCUT2D eigenvalue weighted by molar-refractivity contribution is 7.39. The molecule has 0 saturated carbocycles. The van der Waals surface area contributed by atoms with Crippen LogP contribution in [0, 0.1) is 5.92 Å². The van der Waals surface area contributed by atoms with Crippen molar-refractivity contribution < 1.29 is 19.1 Å². The van der Waals surface area contributed by atoms with E-state index in [4.69, 9.17) is 15.2 Å². The van der Waals surface area contributed by atoms with Gasteiger partial charge in [0.2, 0.25) is 0 Å². The van der Waals surface area contributed by atoms with Crippen LogP contribution < -0.4 is 5.73 Å². The summed E-state index contributed by atoms with van der Waals surface area (Å²) in [6.07, 6.45) is 0.696. The minimum Gasteiger partial charge on any atom is -0.469 e. The summed E-state index contributed by atoms with van der Waals surface area (Å²) in [6, 6.07) is 0. The van der Waals surface area contributed by atoms with Crippen LogP contribution in [0.5, 0.6) is 0 Å². The highest BCUT2D eigenvalue weighted by Crippen LogP contribution is 2.36. The van der Waals surface area contributed by atoms with Crippen molar-refractivity contribution in [3.8, 4) is 0 Å². The fraction of sp³-hybridized carbons (Fsp3) is 0.833. The average Bonchev–Trinajstić information content (AvgIpc) is 2.33. The first kappa shape index (κ1) is 17.3. The monoisotopic (exact) mass is 277 g/mol. The first-order chi connectivity index (χ1) is 8.36. The minimum absolute atomic E-state index is 0.137. The summed E-state index contributed by atoms with van der Waals surface area (Å²) in [5, 5.41) is 0. The van der Waals surface area contributed by atoms with Gasteiger partial charge in [-0.05, 0) is 20.0 Å². The van der Waals surface area contributed by atoms with Crippen molar-refractivity contribution in [2.45, 2.75) is 38.5 Å². The molecule has 0 amide bonds. The molecule has 0 fully saturated rings. The van der Waals surface area contributed by atoms with Crippen LogP contribution in [0.25, 0.3) is 0 Å². The van der Waals surface area contributed by atoms with E-state index in [2.05, 4.69) is 0 Å². The maximum absolute atomic E-state index is 11.8. The van der Waals surface area contributed by atoms with Gasteiger partial charge >= 0.3 is 11.9 Å². The Labute approximate surface area is 111 Å². The van der Waals surface area contributed by atoms with Crippen LogP contribution in [0.4, 0.5) is 0 Å². The number of methoxy groups -OCH3 is 1. The lowest BCUT2D eigenvalue weighted by atomic mass is 9.83. The molecule has 0 radical (unpaired) electrons. The summed E-state index contributed by atoms with van der Waals surface area (Å²) in [4.78, 5) is 23.0. The Morgan fingerprint density at radius 1 is 1.44 bits per heavy atom. The van der Waals surface area contributed by atoms with Crippen LogP contribution in [0.2, 0.25) is 0 Å². The van der Waals surface area contributed by atoms with Gasteiger partial charge in [-0.2, -0.15) is 0 Å². The third-order valence-electron chi connectivity index (χ3n) is 3.17. The molecule has 0 aliphatic rings. The number of ether oxygens (including phenoxy) is 2. The van der Waals surface area contributed by atoms with Crippen molar-refractivity contribution in [2.24, 2.45) is 11.7 Å². The van der Waals surface area contributed by atoms with E-state index in [0.717, 1.165) is 0 Å². The van der Waals surface area contributed by atoms with E-state index < -0.39 is 5.60 Å². The first-order valence-electron chi connectivity index (χ1n) is 6.01. The average molecular weight is 277 g/mol. The van der Waals surface area contributed by atoms with Crippen LogP contribution in [0.1, 0.15) is 27.2 Å². The van der Waals surface area contributed by atoms with Crippen molar-refractivity contribution in [1.29, 1.82) is 0 Å². The molecule has 0 aromatic carbocycles. The molecule has 0 rings (SSSR count). The number of hydrogen-bond acceptors (Lipinski definition) is 5. The zero-order chi connectivity index (χ0) is 14.3. The molecule has 5 nitrogen and oxygen atoms in total. The van der Waals surface area contributed by atoms with Crippen molar-refractivity contribution >= 4 is 20.5 Å². The SMILES string of the molecule is CCC(C(PC)C(=O)OC)C(C)(CN)OC(C)=O. The predicted molar refractivity (Wildman–Crippen MR) is 73.0 cm³/mol. The summed E-state index contributed by atoms with van der Waals surface area (Å²) in [5.41, 5.74) is 4.62. The molecule has 0 spiro atoms. The van der Waals surface area contributed by atoms with Gasteiger partial charge in [0.25, 0.3) is 0 Å². The van der Waals surface area contributed by atoms with Gasteiger partial charge in [0.15, 0.2) is 0 Å². The second-order valence-corrected chi connectivity index (χ2v) is 5.61. The van der Waals surface area contributed by atoms with E-state index in [1.807, 2.05) is 13.6 Å². The van der Waals surface area contributed by atoms with Crippen LogP contribution in [-0.2, 0) is 19.1 Å². The van der Waals surface area contributed by atoms with E-state index in [1.54, 1.807) is 6.92 Å². The molecule has 4 unspecified atom stereocenters.